The third-order valence-corrected chi connectivity index (χ3v) is 5.16. The van der Waals surface area contributed by atoms with Gasteiger partial charge in [-0.25, -0.2) is 4.98 Å². The summed E-state index contributed by atoms with van der Waals surface area (Å²) in [5.41, 5.74) is 5.12. The number of piperazine rings is 1. The minimum Gasteiger partial charge on any atom is -0.370 e. The zero-order valence-corrected chi connectivity index (χ0v) is 16.5. The molecule has 1 aliphatic rings. The molecular weight excluding hydrogens is 322 g/mol. The molecule has 2 aromatic rings. The molecule has 1 saturated heterocycles. The number of aromatic nitrogens is 2. The van der Waals surface area contributed by atoms with Gasteiger partial charge in [-0.2, -0.15) is 4.98 Å². The summed E-state index contributed by atoms with van der Waals surface area (Å²) in [6.07, 6.45) is 2.34. The maximum atomic E-state index is 4.74. The highest BCUT2D eigenvalue weighted by molar-refractivity contribution is 5.57. The van der Waals surface area contributed by atoms with Crippen molar-refractivity contribution in [2.24, 2.45) is 0 Å². The lowest BCUT2D eigenvalue weighted by Crippen LogP contribution is -2.47. The highest BCUT2D eigenvalue weighted by Gasteiger charge is 2.21. The van der Waals surface area contributed by atoms with Gasteiger partial charge >= 0.3 is 0 Å². The number of nitrogens with one attached hydrogen (secondary N) is 1. The smallest absolute Gasteiger partial charge is 0.227 e. The third kappa shape index (κ3) is 4.26. The van der Waals surface area contributed by atoms with Crippen molar-refractivity contribution in [3.63, 3.8) is 0 Å². The first-order chi connectivity index (χ1) is 12.6. The molecule has 0 amide bonds. The highest BCUT2D eigenvalue weighted by atomic mass is 15.3. The monoisotopic (exact) mass is 353 g/mol. The van der Waals surface area contributed by atoms with Gasteiger partial charge in [0, 0.05) is 50.2 Å². The van der Waals surface area contributed by atoms with Gasteiger partial charge < -0.3 is 15.1 Å². The van der Waals surface area contributed by atoms with Crippen LogP contribution in [0.15, 0.2) is 24.3 Å². The molecule has 1 N–H and O–H groups in total. The Morgan fingerprint density at radius 1 is 1.00 bits per heavy atom. The quantitative estimate of drug-likeness (QED) is 0.797. The van der Waals surface area contributed by atoms with Crippen molar-refractivity contribution in [1.82, 2.24) is 9.97 Å². The van der Waals surface area contributed by atoms with E-state index in [0.29, 0.717) is 0 Å². The average Bonchev–Trinajstić information content (AvgIpc) is 2.64. The van der Waals surface area contributed by atoms with Crippen molar-refractivity contribution in [1.29, 1.82) is 0 Å². The Hall–Kier alpha value is -2.30. The Balaban J connectivity index is 1.67. The van der Waals surface area contributed by atoms with Crippen molar-refractivity contribution >= 4 is 17.5 Å². The molecule has 0 atom stereocenters. The summed E-state index contributed by atoms with van der Waals surface area (Å²) in [7, 11) is 0. The topological polar surface area (TPSA) is 44.3 Å². The molecule has 3 rings (SSSR count). The van der Waals surface area contributed by atoms with Gasteiger partial charge in [-0.15, -0.1) is 0 Å². The summed E-state index contributed by atoms with van der Waals surface area (Å²) in [5, 5.41) is 3.43. The van der Waals surface area contributed by atoms with Crippen molar-refractivity contribution in [3.05, 3.63) is 41.1 Å². The standard InChI is InChI=1S/C21H31N5/c1-5-6-10-22-20-15-17(3)23-21(24-20)26-13-11-25(12-14-26)19-9-7-8-16(2)18(19)4/h7-9,15H,5-6,10-14H2,1-4H3,(H,22,23,24). The summed E-state index contributed by atoms with van der Waals surface area (Å²) < 4.78 is 0. The van der Waals surface area contributed by atoms with Gasteiger partial charge in [-0.1, -0.05) is 25.5 Å². The fourth-order valence-electron chi connectivity index (χ4n) is 3.40. The van der Waals surface area contributed by atoms with Crippen LogP contribution in [0.5, 0.6) is 0 Å². The molecule has 26 heavy (non-hydrogen) atoms. The van der Waals surface area contributed by atoms with Crippen LogP contribution in [-0.4, -0.2) is 42.7 Å². The lowest BCUT2D eigenvalue weighted by atomic mass is 10.1. The number of hydrogen-bond donors (Lipinski definition) is 1. The predicted octanol–water partition coefficient (Wildman–Crippen LogP) is 3.94. The first-order valence-electron chi connectivity index (χ1n) is 9.74. The van der Waals surface area contributed by atoms with Gasteiger partial charge in [0.2, 0.25) is 5.95 Å². The van der Waals surface area contributed by atoms with Crippen LogP contribution in [0.25, 0.3) is 0 Å². The van der Waals surface area contributed by atoms with Gasteiger partial charge in [0.25, 0.3) is 0 Å². The Morgan fingerprint density at radius 3 is 2.46 bits per heavy atom. The van der Waals surface area contributed by atoms with E-state index < -0.39 is 0 Å². The minimum atomic E-state index is 0.851. The number of nitrogens with zero attached hydrogens (tertiary/aromatic N) is 4. The molecule has 2 heterocycles. The summed E-state index contributed by atoms with van der Waals surface area (Å²) in [6.45, 7) is 13.5. The van der Waals surface area contributed by atoms with E-state index in [-0.39, 0.29) is 0 Å². The first kappa shape index (κ1) is 18.5. The molecule has 0 unspecified atom stereocenters. The summed E-state index contributed by atoms with van der Waals surface area (Å²) in [5.74, 6) is 1.79. The van der Waals surface area contributed by atoms with Gasteiger partial charge in [0.15, 0.2) is 0 Å². The third-order valence-electron chi connectivity index (χ3n) is 5.16. The predicted molar refractivity (Wildman–Crippen MR) is 111 cm³/mol. The van der Waals surface area contributed by atoms with E-state index in [1.54, 1.807) is 0 Å². The second-order valence-electron chi connectivity index (χ2n) is 7.17. The molecule has 140 valence electrons. The molecule has 0 bridgehead atoms. The number of hydrogen-bond acceptors (Lipinski definition) is 5. The van der Waals surface area contributed by atoms with Gasteiger partial charge in [-0.05, 0) is 44.4 Å². The Bertz CT molecular complexity index is 735. The van der Waals surface area contributed by atoms with Crippen LogP contribution in [0.3, 0.4) is 0 Å². The van der Waals surface area contributed by atoms with Gasteiger partial charge in [0.1, 0.15) is 5.82 Å². The molecule has 1 aromatic carbocycles. The van der Waals surface area contributed by atoms with E-state index in [1.165, 1.54) is 23.2 Å². The number of benzene rings is 1. The minimum absolute atomic E-state index is 0.851. The lowest BCUT2D eigenvalue weighted by Gasteiger charge is -2.37. The highest BCUT2D eigenvalue weighted by Crippen LogP contribution is 2.25. The molecule has 0 aliphatic carbocycles. The first-order valence-corrected chi connectivity index (χ1v) is 9.74. The molecule has 1 aromatic heterocycles. The molecule has 0 spiro atoms. The number of anilines is 3. The zero-order valence-electron chi connectivity index (χ0n) is 16.5. The van der Waals surface area contributed by atoms with Gasteiger partial charge in [0.05, 0.1) is 0 Å². The van der Waals surface area contributed by atoms with Crippen LogP contribution >= 0.6 is 0 Å². The Morgan fingerprint density at radius 2 is 1.73 bits per heavy atom. The molecular formula is C21H31N5. The largest absolute Gasteiger partial charge is 0.370 e. The second-order valence-corrected chi connectivity index (χ2v) is 7.17. The molecule has 5 heteroatoms. The van der Waals surface area contributed by atoms with Crippen LogP contribution in [0.1, 0.15) is 36.6 Å². The average molecular weight is 354 g/mol. The Labute approximate surface area is 157 Å². The molecule has 0 radical (unpaired) electrons. The van der Waals surface area contributed by atoms with E-state index in [2.05, 4.69) is 59.1 Å². The zero-order chi connectivity index (χ0) is 18.5. The summed E-state index contributed by atoms with van der Waals surface area (Å²) in [6, 6.07) is 8.60. The number of aryl methyl sites for hydroxylation is 2. The maximum Gasteiger partial charge on any atom is 0.227 e. The maximum absolute atomic E-state index is 4.74. The van der Waals surface area contributed by atoms with Crippen molar-refractivity contribution in [2.75, 3.05) is 47.8 Å². The molecule has 0 saturated carbocycles. The van der Waals surface area contributed by atoms with Crippen molar-refractivity contribution in [2.45, 2.75) is 40.5 Å². The van der Waals surface area contributed by atoms with Crippen LogP contribution in [0, 0.1) is 20.8 Å². The van der Waals surface area contributed by atoms with Crippen LogP contribution < -0.4 is 15.1 Å². The van der Waals surface area contributed by atoms with E-state index in [4.69, 9.17) is 4.98 Å². The fraction of sp³-hybridized carbons (Fsp3) is 0.524. The molecule has 1 aliphatic heterocycles. The van der Waals surface area contributed by atoms with Crippen molar-refractivity contribution < 1.29 is 0 Å². The van der Waals surface area contributed by atoms with Crippen LogP contribution in [0.4, 0.5) is 17.5 Å². The van der Waals surface area contributed by atoms with E-state index >= 15 is 0 Å². The van der Waals surface area contributed by atoms with E-state index in [9.17, 15) is 0 Å². The van der Waals surface area contributed by atoms with Crippen molar-refractivity contribution in [3.8, 4) is 0 Å². The lowest BCUT2D eigenvalue weighted by molar-refractivity contribution is 0.638. The number of unbranched alkanes of at least 4 members (excludes halogenated alkanes) is 1. The van der Waals surface area contributed by atoms with E-state index in [0.717, 1.165) is 56.6 Å². The molecule has 1 fully saturated rings. The normalized spacial score (nSPS) is 14.6. The van der Waals surface area contributed by atoms with Crippen LogP contribution in [0.2, 0.25) is 0 Å². The molecule has 5 nitrogen and oxygen atoms in total. The van der Waals surface area contributed by atoms with Crippen LogP contribution in [-0.2, 0) is 0 Å². The SMILES string of the molecule is CCCCNc1cc(C)nc(N2CCN(c3cccc(C)c3C)CC2)n1. The Kier molecular flexibility index (Phi) is 5.96. The van der Waals surface area contributed by atoms with Gasteiger partial charge in [-0.3, -0.25) is 0 Å². The fourth-order valence-corrected chi connectivity index (χ4v) is 3.40. The number of rotatable bonds is 6. The van der Waals surface area contributed by atoms with E-state index in [1.807, 2.05) is 13.0 Å². The second kappa shape index (κ2) is 8.39. The summed E-state index contributed by atoms with van der Waals surface area (Å²) in [4.78, 5) is 14.2. The summed E-state index contributed by atoms with van der Waals surface area (Å²) >= 11 is 0.